The quantitative estimate of drug-likeness (QED) is 0.532. The summed E-state index contributed by atoms with van der Waals surface area (Å²) in [5, 5.41) is 17.8. The molecule has 0 saturated carbocycles. The Kier molecular flexibility index (Phi) is 1.78. The highest BCUT2D eigenvalue weighted by molar-refractivity contribution is 5.36. The molecule has 0 radical (unpaired) electrons. The van der Waals surface area contributed by atoms with Crippen LogP contribution in [0.2, 0.25) is 0 Å². The first kappa shape index (κ1) is 6.89. The van der Waals surface area contributed by atoms with Gasteiger partial charge in [0, 0.05) is 12.6 Å². The Balaban J connectivity index is 3.06. The number of hydrogen-bond acceptors (Lipinski definition) is 3. The van der Waals surface area contributed by atoms with Crippen molar-refractivity contribution in [3.8, 4) is 11.5 Å². The van der Waals surface area contributed by atoms with Gasteiger partial charge in [0.25, 0.3) is 0 Å². The van der Waals surface area contributed by atoms with E-state index in [4.69, 9.17) is 15.9 Å². The highest BCUT2D eigenvalue weighted by atomic mass is 16.3. The summed E-state index contributed by atoms with van der Waals surface area (Å²) >= 11 is 0. The maximum atomic E-state index is 8.91. The van der Waals surface area contributed by atoms with Crippen molar-refractivity contribution in [1.82, 2.24) is 0 Å². The number of rotatable bonds is 1. The highest BCUT2D eigenvalue weighted by Crippen LogP contribution is 2.19. The molecule has 0 fully saturated rings. The Morgan fingerprint density at radius 1 is 1.10 bits per heavy atom. The first-order valence-electron chi connectivity index (χ1n) is 2.94. The van der Waals surface area contributed by atoms with E-state index >= 15 is 0 Å². The fourth-order valence-electron chi connectivity index (χ4n) is 0.774. The van der Waals surface area contributed by atoms with Crippen molar-refractivity contribution >= 4 is 0 Å². The lowest BCUT2D eigenvalue weighted by atomic mass is 10.2. The number of nitrogens with two attached hydrogens (primary N) is 1. The van der Waals surface area contributed by atoms with Gasteiger partial charge in [0.1, 0.15) is 11.5 Å². The minimum atomic E-state index is 0.0421. The zero-order valence-electron chi connectivity index (χ0n) is 5.41. The molecule has 3 nitrogen and oxygen atoms in total. The van der Waals surface area contributed by atoms with E-state index in [1.807, 2.05) is 0 Å². The van der Waals surface area contributed by atoms with Crippen LogP contribution in [0.1, 0.15) is 5.56 Å². The molecule has 0 bridgehead atoms. The molecule has 54 valence electrons. The second kappa shape index (κ2) is 2.58. The fourth-order valence-corrected chi connectivity index (χ4v) is 0.774. The van der Waals surface area contributed by atoms with Crippen molar-refractivity contribution in [2.75, 3.05) is 0 Å². The zero-order chi connectivity index (χ0) is 7.56. The smallest absolute Gasteiger partial charge is 0.119 e. The lowest BCUT2D eigenvalue weighted by molar-refractivity contribution is 0.449. The minimum Gasteiger partial charge on any atom is -0.508 e. The second-order valence-electron chi connectivity index (χ2n) is 2.06. The highest BCUT2D eigenvalue weighted by Gasteiger charge is 1.95. The summed E-state index contributed by atoms with van der Waals surface area (Å²) in [6.45, 7) is 0.321. The van der Waals surface area contributed by atoms with Crippen LogP contribution in [0.15, 0.2) is 18.2 Å². The minimum absolute atomic E-state index is 0.0421. The Labute approximate surface area is 58.7 Å². The molecule has 0 heterocycles. The lowest BCUT2D eigenvalue weighted by Crippen LogP contribution is -1.94. The third-order valence-electron chi connectivity index (χ3n) is 1.20. The number of phenolic OH excluding ortho intramolecular Hbond substituents is 2. The summed E-state index contributed by atoms with van der Waals surface area (Å²) in [5.74, 6) is 0.0842. The molecule has 1 rings (SSSR count). The second-order valence-corrected chi connectivity index (χ2v) is 2.06. The largest absolute Gasteiger partial charge is 0.508 e. The predicted molar refractivity (Wildman–Crippen MR) is 37.7 cm³/mol. The van der Waals surface area contributed by atoms with Crippen molar-refractivity contribution in [2.24, 2.45) is 5.73 Å². The van der Waals surface area contributed by atoms with Crippen molar-refractivity contribution in [2.45, 2.75) is 6.54 Å². The molecule has 0 atom stereocenters. The molecule has 10 heavy (non-hydrogen) atoms. The number of benzene rings is 1. The van der Waals surface area contributed by atoms with Crippen LogP contribution in [0.5, 0.6) is 11.5 Å². The van der Waals surface area contributed by atoms with Crippen LogP contribution >= 0.6 is 0 Å². The summed E-state index contributed by atoms with van der Waals surface area (Å²) in [7, 11) is 0. The molecule has 0 aliphatic carbocycles. The summed E-state index contributed by atoms with van der Waals surface area (Å²) < 4.78 is 0. The first-order chi connectivity index (χ1) is 4.72. The van der Waals surface area contributed by atoms with Gasteiger partial charge in [-0.1, -0.05) is 0 Å². The topological polar surface area (TPSA) is 66.5 Å². The summed E-state index contributed by atoms with van der Waals surface area (Å²) in [5.41, 5.74) is 5.99. The monoisotopic (exact) mass is 139 g/mol. The molecule has 0 aliphatic rings. The van der Waals surface area contributed by atoms with E-state index < -0.39 is 0 Å². The molecule has 0 unspecified atom stereocenters. The molecule has 0 amide bonds. The molecule has 0 spiro atoms. The SMILES string of the molecule is NCc1cc(O)cc(O)c1. The predicted octanol–water partition coefficient (Wildman–Crippen LogP) is 0.556. The van der Waals surface area contributed by atoms with E-state index in [9.17, 15) is 0 Å². The maximum Gasteiger partial charge on any atom is 0.119 e. The van der Waals surface area contributed by atoms with Crippen LogP contribution in [0.25, 0.3) is 0 Å². The molecule has 1 aromatic carbocycles. The van der Waals surface area contributed by atoms with Crippen LogP contribution in [-0.2, 0) is 6.54 Å². The van der Waals surface area contributed by atoms with Gasteiger partial charge in [-0.15, -0.1) is 0 Å². The van der Waals surface area contributed by atoms with Crippen molar-refractivity contribution < 1.29 is 10.2 Å². The third kappa shape index (κ3) is 1.39. The van der Waals surface area contributed by atoms with Gasteiger partial charge < -0.3 is 15.9 Å². The van der Waals surface area contributed by atoms with Crippen LogP contribution in [0.3, 0.4) is 0 Å². The Morgan fingerprint density at radius 2 is 1.60 bits per heavy atom. The van der Waals surface area contributed by atoms with E-state index in [0.717, 1.165) is 5.56 Å². The number of aromatic hydroxyl groups is 2. The Morgan fingerprint density at radius 3 is 2.00 bits per heavy atom. The van der Waals surface area contributed by atoms with Gasteiger partial charge >= 0.3 is 0 Å². The molecule has 1 aromatic rings. The van der Waals surface area contributed by atoms with Crippen LogP contribution in [0.4, 0.5) is 0 Å². The summed E-state index contributed by atoms with van der Waals surface area (Å²) in [4.78, 5) is 0. The third-order valence-corrected chi connectivity index (χ3v) is 1.20. The number of phenols is 2. The van der Waals surface area contributed by atoms with E-state index in [2.05, 4.69) is 0 Å². The molecule has 4 N–H and O–H groups in total. The van der Waals surface area contributed by atoms with Gasteiger partial charge in [0.05, 0.1) is 0 Å². The summed E-state index contributed by atoms with van der Waals surface area (Å²) in [6, 6.07) is 4.29. The zero-order valence-corrected chi connectivity index (χ0v) is 5.41. The molecule has 0 aromatic heterocycles. The van der Waals surface area contributed by atoms with Crippen molar-refractivity contribution in [1.29, 1.82) is 0 Å². The van der Waals surface area contributed by atoms with Crippen LogP contribution in [0, 0.1) is 0 Å². The van der Waals surface area contributed by atoms with Gasteiger partial charge in [-0.25, -0.2) is 0 Å². The molecule has 0 saturated heterocycles. The van der Waals surface area contributed by atoms with E-state index in [1.54, 1.807) is 0 Å². The standard InChI is InChI=1S/C7H9NO2/c8-4-5-1-6(9)3-7(10)2-5/h1-3,9-10H,4,8H2. The van der Waals surface area contributed by atoms with E-state index in [-0.39, 0.29) is 11.5 Å². The van der Waals surface area contributed by atoms with Crippen LogP contribution < -0.4 is 5.73 Å². The number of hydrogen-bond donors (Lipinski definition) is 3. The van der Waals surface area contributed by atoms with Gasteiger partial charge in [0.15, 0.2) is 0 Å². The normalized spacial score (nSPS) is 9.70. The lowest BCUT2D eigenvalue weighted by Gasteiger charge is -1.98. The molecule has 0 aliphatic heterocycles. The fraction of sp³-hybridized carbons (Fsp3) is 0.143. The average Bonchev–Trinajstić information content (AvgIpc) is 1.85. The van der Waals surface area contributed by atoms with Gasteiger partial charge in [-0.3, -0.25) is 0 Å². The van der Waals surface area contributed by atoms with E-state index in [0.29, 0.717) is 6.54 Å². The van der Waals surface area contributed by atoms with Crippen LogP contribution in [-0.4, -0.2) is 10.2 Å². The molecular formula is C7H9NO2. The Hall–Kier alpha value is -1.22. The van der Waals surface area contributed by atoms with Gasteiger partial charge in [-0.2, -0.15) is 0 Å². The van der Waals surface area contributed by atoms with E-state index in [1.165, 1.54) is 18.2 Å². The Bertz CT molecular complexity index is 215. The average molecular weight is 139 g/mol. The molecular weight excluding hydrogens is 130 g/mol. The first-order valence-corrected chi connectivity index (χ1v) is 2.94. The maximum absolute atomic E-state index is 8.91. The molecule has 3 heteroatoms. The van der Waals surface area contributed by atoms with Gasteiger partial charge in [0.2, 0.25) is 0 Å². The van der Waals surface area contributed by atoms with Crippen molar-refractivity contribution in [3.05, 3.63) is 23.8 Å². The summed E-state index contributed by atoms with van der Waals surface area (Å²) in [6.07, 6.45) is 0. The van der Waals surface area contributed by atoms with Crippen molar-refractivity contribution in [3.63, 3.8) is 0 Å². The van der Waals surface area contributed by atoms with Gasteiger partial charge in [-0.05, 0) is 17.7 Å².